The molecule has 2 N–H and O–H groups in total. The molecule has 0 heterocycles. The molecular weight excluding hydrogens is 387 g/mol. The number of carbonyl (C=O) groups excluding carboxylic acids is 1. The Morgan fingerprint density at radius 3 is 2.32 bits per heavy atom. The summed E-state index contributed by atoms with van der Waals surface area (Å²) < 4.78 is 1.17. The Hall–Kier alpha value is -2.08. The standard InChI is InChI=1S/C18H15IN2O/c19-15-6-9-16(10-7-15)20-12-18(22)21-17-8-5-13-3-1-2-4-14(13)11-17/h1-11,20H,12H2,(H,21,22). The van der Waals surface area contributed by atoms with Crippen molar-refractivity contribution in [3.8, 4) is 0 Å². The van der Waals surface area contributed by atoms with E-state index in [0.29, 0.717) is 0 Å². The molecule has 0 fully saturated rings. The molecule has 3 rings (SSSR count). The van der Waals surface area contributed by atoms with Crippen molar-refractivity contribution in [2.45, 2.75) is 0 Å². The molecule has 0 aliphatic carbocycles. The summed E-state index contributed by atoms with van der Waals surface area (Å²) in [5, 5.41) is 8.31. The van der Waals surface area contributed by atoms with Crippen LogP contribution in [0.4, 0.5) is 11.4 Å². The Morgan fingerprint density at radius 2 is 1.55 bits per heavy atom. The van der Waals surface area contributed by atoms with Gasteiger partial charge in [0.1, 0.15) is 0 Å². The van der Waals surface area contributed by atoms with Gasteiger partial charge in [0.2, 0.25) is 5.91 Å². The number of hydrogen-bond acceptors (Lipinski definition) is 2. The van der Waals surface area contributed by atoms with Gasteiger partial charge in [0, 0.05) is 14.9 Å². The average Bonchev–Trinajstić information content (AvgIpc) is 2.54. The molecule has 110 valence electrons. The van der Waals surface area contributed by atoms with Crippen LogP contribution in [0.5, 0.6) is 0 Å². The lowest BCUT2D eigenvalue weighted by atomic mass is 10.1. The lowest BCUT2D eigenvalue weighted by Crippen LogP contribution is -2.21. The van der Waals surface area contributed by atoms with Crippen LogP contribution in [0.2, 0.25) is 0 Å². The van der Waals surface area contributed by atoms with Gasteiger partial charge in [-0.1, -0.05) is 30.3 Å². The number of anilines is 2. The first kappa shape index (κ1) is 14.8. The van der Waals surface area contributed by atoms with Crippen LogP contribution in [0.1, 0.15) is 0 Å². The third-order valence-corrected chi connectivity index (χ3v) is 4.05. The Labute approximate surface area is 142 Å². The quantitative estimate of drug-likeness (QED) is 0.632. The largest absolute Gasteiger partial charge is 0.376 e. The summed E-state index contributed by atoms with van der Waals surface area (Å²) in [7, 11) is 0. The fraction of sp³-hybridized carbons (Fsp3) is 0.0556. The van der Waals surface area contributed by atoms with Crippen molar-refractivity contribution >= 4 is 50.6 Å². The van der Waals surface area contributed by atoms with E-state index < -0.39 is 0 Å². The molecular formula is C18H15IN2O. The maximum absolute atomic E-state index is 12.0. The van der Waals surface area contributed by atoms with E-state index >= 15 is 0 Å². The molecule has 0 aromatic heterocycles. The van der Waals surface area contributed by atoms with Gasteiger partial charge in [-0.3, -0.25) is 4.79 Å². The van der Waals surface area contributed by atoms with Crippen LogP contribution in [0.15, 0.2) is 66.7 Å². The van der Waals surface area contributed by atoms with Crippen LogP contribution >= 0.6 is 22.6 Å². The van der Waals surface area contributed by atoms with Gasteiger partial charge in [-0.2, -0.15) is 0 Å². The number of halogens is 1. The molecule has 0 spiro atoms. The molecule has 0 atom stereocenters. The van der Waals surface area contributed by atoms with Crippen molar-refractivity contribution < 1.29 is 4.79 Å². The van der Waals surface area contributed by atoms with E-state index in [1.165, 1.54) is 3.57 Å². The predicted octanol–water partition coefficient (Wildman–Crippen LogP) is 4.50. The third-order valence-electron chi connectivity index (χ3n) is 3.33. The molecule has 0 aliphatic rings. The van der Waals surface area contributed by atoms with Crippen molar-refractivity contribution in [3.63, 3.8) is 0 Å². The van der Waals surface area contributed by atoms with Crippen molar-refractivity contribution in [2.75, 3.05) is 17.2 Å². The smallest absolute Gasteiger partial charge is 0.243 e. The summed E-state index contributed by atoms with van der Waals surface area (Å²) in [6.45, 7) is 0.243. The highest BCUT2D eigenvalue weighted by atomic mass is 127. The molecule has 4 heteroatoms. The van der Waals surface area contributed by atoms with Gasteiger partial charge >= 0.3 is 0 Å². The van der Waals surface area contributed by atoms with Gasteiger partial charge in [-0.05, 0) is 69.8 Å². The molecule has 1 amide bonds. The maximum atomic E-state index is 12.0. The molecule has 3 aromatic rings. The minimum atomic E-state index is -0.0613. The number of carbonyl (C=O) groups is 1. The second-order valence-corrected chi connectivity index (χ2v) is 6.22. The van der Waals surface area contributed by atoms with Gasteiger partial charge < -0.3 is 10.6 Å². The topological polar surface area (TPSA) is 41.1 Å². The van der Waals surface area contributed by atoms with Crippen LogP contribution in [0, 0.1) is 3.57 Å². The Bertz CT molecular complexity index is 800. The Kier molecular flexibility index (Phi) is 4.58. The van der Waals surface area contributed by atoms with Crippen LogP contribution in [-0.4, -0.2) is 12.5 Å². The maximum Gasteiger partial charge on any atom is 0.243 e. The number of rotatable bonds is 4. The molecule has 3 nitrogen and oxygen atoms in total. The van der Waals surface area contributed by atoms with Crippen LogP contribution < -0.4 is 10.6 Å². The monoisotopic (exact) mass is 402 g/mol. The first-order chi connectivity index (χ1) is 10.7. The summed E-state index contributed by atoms with van der Waals surface area (Å²) in [5.74, 6) is -0.0613. The van der Waals surface area contributed by atoms with E-state index in [-0.39, 0.29) is 12.5 Å². The van der Waals surface area contributed by atoms with E-state index in [9.17, 15) is 4.79 Å². The molecule has 22 heavy (non-hydrogen) atoms. The summed E-state index contributed by atoms with van der Waals surface area (Å²) in [4.78, 5) is 12.0. The van der Waals surface area contributed by atoms with Crippen molar-refractivity contribution in [3.05, 3.63) is 70.3 Å². The van der Waals surface area contributed by atoms with Crippen LogP contribution in [0.3, 0.4) is 0 Å². The number of nitrogens with one attached hydrogen (secondary N) is 2. The van der Waals surface area contributed by atoms with Gasteiger partial charge in [-0.15, -0.1) is 0 Å². The van der Waals surface area contributed by atoms with Gasteiger partial charge in [0.25, 0.3) is 0 Å². The van der Waals surface area contributed by atoms with E-state index in [0.717, 1.165) is 22.1 Å². The predicted molar refractivity (Wildman–Crippen MR) is 100 cm³/mol. The zero-order valence-electron chi connectivity index (χ0n) is 11.8. The lowest BCUT2D eigenvalue weighted by Gasteiger charge is -2.09. The molecule has 0 unspecified atom stereocenters. The van der Waals surface area contributed by atoms with E-state index in [2.05, 4.69) is 39.3 Å². The zero-order chi connectivity index (χ0) is 15.4. The fourth-order valence-corrected chi connectivity index (χ4v) is 2.58. The number of hydrogen-bond donors (Lipinski definition) is 2. The van der Waals surface area contributed by atoms with Crippen molar-refractivity contribution in [1.29, 1.82) is 0 Å². The van der Waals surface area contributed by atoms with E-state index in [1.807, 2.05) is 60.7 Å². The Balaban J connectivity index is 1.61. The molecule has 3 aromatic carbocycles. The van der Waals surface area contributed by atoms with Gasteiger partial charge in [0.05, 0.1) is 6.54 Å². The first-order valence-corrected chi connectivity index (χ1v) is 8.07. The molecule has 0 radical (unpaired) electrons. The minimum absolute atomic E-state index is 0.0613. The normalized spacial score (nSPS) is 10.4. The highest BCUT2D eigenvalue weighted by Gasteiger charge is 2.03. The first-order valence-electron chi connectivity index (χ1n) is 6.99. The van der Waals surface area contributed by atoms with E-state index in [4.69, 9.17) is 0 Å². The highest BCUT2D eigenvalue weighted by Crippen LogP contribution is 2.18. The van der Waals surface area contributed by atoms with Gasteiger partial charge in [0.15, 0.2) is 0 Å². The molecule has 0 aliphatic heterocycles. The summed E-state index contributed by atoms with van der Waals surface area (Å²) in [6.07, 6.45) is 0. The average molecular weight is 402 g/mol. The number of benzene rings is 3. The minimum Gasteiger partial charge on any atom is -0.376 e. The van der Waals surface area contributed by atoms with Gasteiger partial charge in [-0.25, -0.2) is 0 Å². The van der Waals surface area contributed by atoms with Crippen molar-refractivity contribution in [1.82, 2.24) is 0 Å². The van der Waals surface area contributed by atoms with E-state index in [1.54, 1.807) is 0 Å². The molecule has 0 saturated heterocycles. The summed E-state index contributed by atoms with van der Waals surface area (Å²) >= 11 is 2.25. The zero-order valence-corrected chi connectivity index (χ0v) is 14.0. The highest BCUT2D eigenvalue weighted by molar-refractivity contribution is 14.1. The second-order valence-electron chi connectivity index (χ2n) is 4.97. The summed E-state index contributed by atoms with van der Waals surface area (Å²) in [5.41, 5.74) is 1.75. The summed E-state index contributed by atoms with van der Waals surface area (Å²) in [6, 6.07) is 21.9. The molecule has 0 bridgehead atoms. The van der Waals surface area contributed by atoms with Crippen molar-refractivity contribution in [2.24, 2.45) is 0 Å². The third kappa shape index (κ3) is 3.76. The number of fused-ring (bicyclic) bond motifs is 1. The molecule has 0 saturated carbocycles. The lowest BCUT2D eigenvalue weighted by molar-refractivity contribution is -0.114. The Morgan fingerprint density at radius 1 is 0.864 bits per heavy atom. The second kappa shape index (κ2) is 6.79. The SMILES string of the molecule is O=C(CNc1ccc(I)cc1)Nc1ccc2ccccc2c1. The number of amides is 1. The van der Waals surface area contributed by atoms with Crippen LogP contribution in [0.25, 0.3) is 10.8 Å². The van der Waals surface area contributed by atoms with Crippen LogP contribution in [-0.2, 0) is 4.79 Å². The fourth-order valence-electron chi connectivity index (χ4n) is 2.22.